The lowest BCUT2D eigenvalue weighted by atomic mass is 10.1. The highest BCUT2D eigenvalue weighted by Gasteiger charge is 2.20. The van der Waals surface area contributed by atoms with E-state index in [0.29, 0.717) is 0 Å². The molecule has 1 aromatic heterocycles. The number of hydrogen-bond donors (Lipinski definition) is 2. The molecule has 0 saturated carbocycles. The number of nitrogens with zero attached hydrogens (tertiary/aromatic N) is 2. The summed E-state index contributed by atoms with van der Waals surface area (Å²) in [5, 5.41) is 5.73. The van der Waals surface area contributed by atoms with Gasteiger partial charge >= 0.3 is 0 Å². The molecule has 1 heterocycles. The molecule has 1 amide bonds. The fourth-order valence-electron chi connectivity index (χ4n) is 1.68. The van der Waals surface area contributed by atoms with Crippen LogP contribution in [-0.4, -0.2) is 27.0 Å². The van der Waals surface area contributed by atoms with Crippen molar-refractivity contribution in [3.63, 3.8) is 0 Å². The summed E-state index contributed by atoms with van der Waals surface area (Å²) in [5.41, 5.74) is -0.534. The van der Waals surface area contributed by atoms with E-state index < -0.39 is 6.04 Å². The second kappa shape index (κ2) is 6.07. The van der Waals surface area contributed by atoms with Crippen molar-refractivity contribution >= 4 is 11.7 Å². The lowest BCUT2D eigenvalue weighted by Crippen LogP contribution is -2.47. The number of carbonyl (C=O) groups is 1. The van der Waals surface area contributed by atoms with Gasteiger partial charge in [0.1, 0.15) is 6.04 Å². The fourth-order valence-corrected chi connectivity index (χ4v) is 1.68. The van der Waals surface area contributed by atoms with Gasteiger partial charge in [-0.05, 0) is 41.5 Å². The molecule has 0 spiro atoms. The molecule has 0 saturated heterocycles. The third kappa shape index (κ3) is 4.36. The van der Waals surface area contributed by atoms with E-state index in [4.69, 9.17) is 0 Å². The molecule has 0 bridgehead atoms. The Hall–Kier alpha value is -1.85. The highest BCUT2D eigenvalue weighted by Crippen LogP contribution is 2.04. The van der Waals surface area contributed by atoms with Gasteiger partial charge in [0.2, 0.25) is 5.91 Å². The molecular formula is C14H24N4O2. The predicted molar refractivity (Wildman–Crippen MR) is 79.9 cm³/mol. The van der Waals surface area contributed by atoms with Crippen LogP contribution in [0.25, 0.3) is 0 Å². The lowest BCUT2D eigenvalue weighted by Gasteiger charge is -2.24. The normalized spacial score (nSPS) is 13.2. The third-order valence-electron chi connectivity index (χ3n) is 2.67. The van der Waals surface area contributed by atoms with Crippen molar-refractivity contribution in [3.05, 3.63) is 22.7 Å². The quantitative estimate of drug-likeness (QED) is 0.877. The van der Waals surface area contributed by atoms with Gasteiger partial charge in [-0.2, -0.15) is 0 Å². The van der Waals surface area contributed by atoms with E-state index in [1.807, 2.05) is 34.6 Å². The fraction of sp³-hybridized carbons (Fsp3) is 0.643. The molecule has 20 heavy (non-hydrogen) atoms. The minimum absolute atomic E-state index is 0.0461. The van der Waals surface area contributed by atoms with Gasteiger partial charge in [0.15, 0.2) is 5.82 Å². The minimum Gasteiger partial charge on any atom is -0.354 e. The number of rotatable bonds is 4. The van der Waals surface area contributed by atoms with Crippen molar-refractivity contribution in [1.82, 2.24) is 14.9 Å². The van der Waals surface area contributed by atoms with Crippen LogP contribution in [0.3, 0.4) is 0 Å². The Kier molecular flexibility index (Phi) is 4.92. The van der Waals surface area contributed by atoms with Crippen molar-refractivity contribution in [2.24, 2.45) is 0 Å². The highest BCUT2D eigenvalue weighted by molar-refractivity contribution is 5.84. The number of carbonyl (C=O) groups excluding carboxylic acids is 1. The van der Waals surface area contributed by atoms with E-state index >= 15 is 0 Å². The van der Waals surface area contributed by atoms with Gasteiger partial charge in [-0.15, -0.1) is 0 Å². The molecule has 1 aromatic rings. The van der Waals surface area contributed by atoms with Crippen molar-refractivity contribution < 1.29 is 4.79 Å². The van der Waals surface area contributed by atoms with Gasteiger partial charge in [0.05, 0.1) is 0 Å². The maximum Gasteiger partial charge on any atom is 0.293 e. The smallest absolute Gasteiger partial charge is 0.293 e. The van der Waals surface area contributed by atoms with Crippen LogP contribution in [0.1, 0.15) is 47.6 Å². The number of anilines is 1. The first kappa shape index (κ1) is 16.2. The third-order valence-corrected chi connectivity index (χ3v) is 2.67. The van der Waals surface area contributed by atoms with Crippen molar-refractivity contribution in [3.8, 4) is 0 Å². The number of amides is 1. The molecule has 0 aliphatic rings. The minimum atomic E-state index is -0.530. The van der Waals surface area contributed by atoms with Gasteiger partial charge in [-0.1, -0.05) is 0 Å². The zero-order valence-corrected chi connectivity index (χ0v) is 13.0. The van der Waals surface area contributed by atoms with Crippen LogP contribution >= 0.6 is 0 Å². The molecule has 0 fully saturated rings. The Labute approximate surface area is 119 Å². The molecule has 1 rings (SSSR count). The first-order valence-corrected chi connectivity index (χ1v) is 6.77. The van der Waals surface area contributed by atoms with Gasteiger partial charge in [0, 0.05) is 24.0 Å². The largest absolute Gasteiger partial charge is 0.354 e. The standard InChI is InChI=1S/C14H24N4O2/c1-9(2)18-8-7-15-11(13(18)20)16-10(3)12(19)17-14(4,5)6/h7-10H,1-6H3,(H,15,16)(H,17,19). The summed E-state index contributed by atoms with van der Waals surface area (Å²) >= 11 is 0. The summed E-state index contributed by atoms with van der Waals surface area (Å²) in [6, 6.07) is -0.484. The Morgan fingerprint density at radius 2 is 1.90 bits per heavy atom. The van der Waals surface area contributed by atoms with Crippen molar-refractivity contribution in [2.75, 3.05) is 5.32 Å². The van der Waals surface area contributed by atoms with Gasteiger partial charge < -0.3 is 15.2 Å². The average molecular weight is 280 g/mol. The van der Waals surface area contributed by atoms with E-state index in [1.54, 1.807) is 23.9 Å². The Balaban J connectivity index is 2.86. The molecular weight excluding hydrogens is 256 g/mol. The Morgan fingerprint density at radius 3 is 2.40 bits per heavy atom. The van der Waals surface area contributed by atoms with Crippen LogP contribution in [-0.2, 0) is 4.79 Å². The highest BCUT2D eigenvalue weighted by atomic mass is 16.2. The van der Waals surface area contributed by atoms with Gasteiger partial charge in [0.25, 0.3) is 5.56 Å². The lowest BCUT2D eigenvalue weighted by molar-refractivity contribution is -0.122. The molecule has 1 unspecified atom stereocenters. The van der Waals surface area contributed by atoms with Crippen LogP contribution in [0.5, 0.6) is 0 Å². The van der Waals surface area contributed by atoms with E-state index in [-0.39, 0.29) is 28.9 Å². The van der Waals surface area contributed by atoms with E-state index in [9.17, 15) is 9.59 Å². The average Bonchev–Trinajstić information content (AvgIpc) is 2.29. The molecule has 0 aliphatic carbocycles. The molecule has 1 atom stereocenters. The van der Waals surface area contributed by atoms with E-state index in [0.717, 1.165) is 0 Å². The van der Waals surface area contributed by atoms with Crippen LogP contribution in [0.4, 0.5) is 5.82 Å². The predicted octanol–water partition coefficient (Wildman–Crippen LogP) is 1.54. The Bertz CT molecular complexity index is 529. The second-order valence-electron chi connectivity index (χ2n) is 6.19. The van der Waals surface area contributed by atoms with Gasteiger partial charge in [-0.3, -0.25) is 9.59 Å². The topological polar surface area (TPSA) is 76.0 Å². The van der Waals surface area contributed by atoms with Crippen LogP contribution in [0, 0.1) is 0 Å². The molecule has 0 aromatic carbocycles. The van der Waals surface area contributed by atoms with Crippen molar-refractivity contribution in [2.45, 2.75) is 59.2 Å². The number of aromatic nitrogens is 2. The molecule has 2 N–H and O–H groups in total. The zero-order valence-electron chi connectivity index (χ0n) is 13.0. The van der Waals surface area contributed by atoms with Gasteiger partial charge in [-0.25, -0.2) is 4.98 Å². The maximum absolute atomic E-state index is 12.2. The Morgan fingerprint density at radius 1 is 1.30 bits per heavy atom. The summed E-state index contributed by atoms with van der Waals surface area (Å²) in [5.74, 6) is 0.0245. The number of nitrogens with one attached hydrogen (secondary N) is 2. The molecule has 112 valence electrons. The van der Waals surface area contributed by atoms with Crippen LogP contribution < -0.4 is 16.2 Å². The summed E-state index contributed by atoms with van der Waals surface area (Å²) in [6.07, 6.45) is 3.19. The number of hydrogen-bond acceptors (Lipinski definition) is 4. The molecule has 6 nitrogen and oxygen atoms in total. The molecule has 0 radical (unpaired) electrons. The summed E-state index contributed by atoms with van der Waals surface area (Å²) in [4.78, 5) is 28.2. The van der Waals surface area contributed by atoms with E-state index in [2.05, 4.69) is 15.6 Å². The first-order chi connectivity index (χ1) is 9.11. The molecule has 0 aliphatic heterocycles. The SMILES string of the molecule is CC(Nc1nccn(C(C)C)c1=O)C(=O)NC(C)(C)C. The summed E-state index contributed by atoms with van der Waals surface area (Å²) in [7, 11) is 0. The monoisotopic (exact) mass is 280 g/mol. The zero-order chi connectivity index (χ0) is 15.5. The van der Waals surface area contributed by atoms with Crippen LogP contribution in [0.15, 0.2) is 17.2 Å². The summed E-state index contributed by atoms with van der Waals surface area (Å²) < 4.78 is 1.57. The van der Waals surface area contributed by atoms with Crippen molar-refractivity contribution in [1.29, 1.82) is 0 Å². The van der Waals surface area contributed by atoms with Crippen LogP contribution in [0.2, 0.25) is 0 Å². The molecule has 6 heteroatoms. The van der Waals surface area contributed by atoms with E-state index in [1.165, 1.54) is 0 Å². The second-order valence-corrected chi connectivity index (χ2v) is 6.19. The summed E-state index contributed by atoms with van der Waals surface area (Å²) in [6.45, 7) is 11.3. The maximum atomic E-state index is 12.2. The first-order valence-electron chi connectivity index (χ1n) is 6.77.